The summed E-state index contributed by atoms with van der Waals surface area (Å²) >= 11 is 0. The van der Waals surface area contributed by atoms with Crippen LogP contribution in [-0.2, 0) is 4.79 Å². The summed E-state index contributed by atoms with van der Waals surface area (Å²) in [6.07, 6.45) is 0.617. The van der Waals surface area contributed by atoms with E-state index in [1.54, 1.807) is 11.8 Å². The zero-order valence-corrected chi connectivity index (χ0v) is 7.79. The lowest BCUT2D eigenvalue weighted by atomic mass is 10.3. The molecule has 0 heterocycles. The van der Waals surface area contributed by atoms with Crippen LogP contribution in [0, 0.1) is 0 Å². The molecular weight excluding hydrogens is 156 g/mol. The second-order valence-corrected chi connectivity index (χ2v) is 2.78. The summed E-state index contributed by atoms with van der Waals surface area (Å²) in [6, 6.07) is -0.441. The molecule has 1 atom stereocenters. The number of rotatable bonds is 5. The van der Waals surface area contributed by atoms with Crippen LogP contribution in [0.1, 0.15) is 20.3 Å². The largest absolute Gasteiger partial charge is 0.396 e. The molecule has 0 fully saturated rings. The SMILES string of the molecule is CCN(CCCO)C(=O)C(C)N. The highest BCUT2D eigenvalue weighted by Crippen LogP contribution is 1.94. The first-order valence-electron chi connectivity index (χ1n) is 4.28. The number of aliphatic hydroxyl groups excluding tert-OH is 1. The fourth-order valence-electron chi connectivity index (χ4n) is 0.974. The maximum atomic E-state index is 11.3. The van der Waals surface area contributed by atoms with Crippen molar-refractivity contribution < 1.29 is 9.90 Å². The average Bonchev–Trinajstić information content (AvgIpc) is 2.05. The molecule has 0 aliphatic rings. The predicted molar refractivity (Wildman–Crippen MR) is 47.6 cm³/mol. The van der Waals surface area contributed by atoms with Gasteiger partial charge in [0.2, 0.25) is 5.91 Å². The van der Waals surface area contributed by atoms with Crippen molar-refractivity contribution in [3.63, 3.8) is 0 Å². The third kappa shape index (κ3) is 3.69. The number of carbonyl (C=O) groups excluding carboxylic acids is 1. The summed E-state index contributed by atoms with van der Waals surface area (Å²) in [6.45, 7) is 4.93. The lowest BCUT2D eigenvalue weighted by molar-refractivity contribution is -0.132. The van der Waals surface area contributed by atoms with E-state index < -0.39 is 6.04 Å². The normalized spacial score (nSPS) is 12.7. The Hall–Kier alpha value is -0.610. The summed E-state index contributed by atoms with van der Waals surface area (Å²) in [7, 11) is 0. The van der Waals surface area contributed by atoms with Crippen LogP contribution in [0.5, 0.6) is 0 Å². The van der Waals surface area contributed by atoms with Crippen LogP contribution in [-0.4, -0.2) is 41.7 Å². The Morgan fingerprint density at radius 1 is 1.67 bits per heavy atom. The van der Waals surface area contributed by atoms with Crippen molar-refractivity contribution in [3.8, 4) is 0 Å². The molecule has 0 saturated carbocycles. The molecule has 0 saturated heterocycles. The van der Waals surface area contributed by atoms with Crippen molar-refractivity contribution in [3.05, 3.63) is 0 Å². The van der Waals surface area contributed by atoms with Gasteiger partial charge in [-0.2, -0.15) is 0 Å². The molecule has 12 heavy (non-hydrogen) atoms. The molecule has 1 amide bonds. The summed E-state index contributed by atoms with van der Waals surface area (Å²) < 4.78 is 0. The van der Waals surface area contributed by atoms with Gasteiger partial charge in [-0.1, -0.05) is 0 Å². The second kappa shape index (κ2) is 5.97. The molecule has 4 heteroatoms. The van der Waals surface area contributed by atoms with Gasteiger partial charge >= 0.3 is 0 Å². The molecule has 0 aromatic carbocycles. The van der Waals surface area contributed by atoms with Crippen molar-refractivity contribution in [1.29, 1.82) is 0 Å². The van der Waals surface area contributed by atoms with Crippen molar-refractivity contribution in [1.82, 2.24) is 4.90 Å². The molecule has 4 nitrogen and oxygen atoms in total. The highest BCUT2D eigenvalue weighted by atomic mass is 16.3. The molecular formula is C8H18N2O2. The fraction of sp³-hybridized carbons (Fsp3) is 0.875. The Balaban J connectivity index is 3.88. The van der Waals surface area contributed by atoms with E-state index in [-0.39, 0.29) is 12.5 Å². The van der Waals surface area contributed by atoms with E-state index in [0.717, 1.165) is 0 Å². The van der Waals surface area contributed by atoms with Gasteiger partial charge in [-0.25, -0.2) is 0 Å². The van der Waals surface area contributed by atoms with Gasteiger partial charge in [0.05, 0.1) is 6.04 Å². The van der Waals surface area contributed by atoms with Crippen molar-refractivity contribution in [2.24, 2.45) is 5.73 Å². The van der Waals surface area contributed by atoms with E-state index >= 15 is 0 Å². The molecule has 0 aliphatic heterocycles. The van der Waals surface area contributed by atoms with Gasteiger partial charge in [-0.3, -0.25) is 4.79 Å². The van der Waals surface area contributed by atoms with Crippen LogP contribution >= 0.6 is 0 Å². The van der Waals surface area contributed by atoms with Crippen LogP contribution in [0.25, 0.3) is 0 Å². The molecule has 0 aromatic rings. The topological polar surface area (TPSA) is 66.6 Å². The van der Waals surface area contributed by atoms with Crippen molar-refractivity contribution >= 4 is 5.91 Å². The number of amides is 1. The molecule has 0 aromatic heterocycles. The lowest BCUT2D eigenvalue weighted by Gasteiger charge is -2.22. The molecule has 0 radical (unpaired) electrons. The minimum absolute atomic E-state index is 0.0500. The van der Waals surface area contributed by atoms with Gasteiger partial charge in [0.1, 0.15) is 0 Å². The van der Waals surface area contributed by atoms with Gasteiger partial charge in [0.15, 0.2) is 0 Å². The number of carbonyl (C=O) groups is 1. The number of likely N-dealkylation sites (N-methyl/N-ethyl adjacent to an activating group) is 1. The Labute approximate surface area is 73.3 Å². The zero-order valence-electron chi connectivity index (χ0n) is 7.79. The minimum Gasteiger partial charge on any atom is -0.396 e. The lowest BCUT2D eigenvalue weighted by Crippen LogP contribution is -2.42. The van der Waals surface area contributed by atoms with E-state index in [1.807, 2.05) is 6.92 Å². The molecule has 1 unspecified atom stereocenters. The van der Waals surface area contributed by atoms with Gasteiger partial charge in [-0.15, -0.1) is 0 Å². The Bertz CT molecular complexity index is 137. The van der Waals surface area contributed by atoms with Gasteiger partial charge in [0.25, 0.3) is 0 Å². The highest BCUT2D eigenvalue weighted by molar-refractivity contribution is 5.81. The van der Waals surface area contributed by atoms with Crippen molar-refractivity contribution in [2.45, 2.75) is 26.3 Å². The second-order valence-electron chi connectivity index (χ2n) is 2.78. The smallest absolute Gasteiger partial charge is 0.239 e. The van der Waals surface area contributed by atoms with Crippen molar-refractivity contribution in [2.75, 3.05) is 19.7 Å². The fourth-order valence-corrected chi connectivity index (χ4v) is 0.974. The van der Waals surface area contributed by atoms with Crippen LogP contribution < -0.4 is 5.73 Å². The number of hydrogen-bond donors (Lipinski definition) is 2. The molecule has 0 rings (SSSR count). The van der Waals surface area contributed by atoms with Gasteiger partial charge < -0.3 is 15.7 Å². The summed E-state index contributed by atoms with van der Waals surface area (Å²) in [4.78, 5) is 13.0. The number of nitrogens with zero attached hydrogens (tertiary/aromatic N) is 1. The first kappa shape index (κ1) is 11.4. The molecule has 72 valence electrons. The Morgan fingerprint density at radius 3 is 2.58 bits per heavy atom. The van der Waals surface area contributed by atoms with Crippen LogP contribution in [0.4, 0.5) is 0 Å². The first-order chi connectivity index (χ1) is 5.63. The standard InChI is InChI=1S/C8H18N2O2/c1-3-10(5-4-6-11)8(12)7(2)9/h7,11H,3-6,9H2,1-2H3. The summed E-state index contributed by atoms with van der Waals surface area (Å²) in [5.74, 6) is -0.0500. The van der Waals surface area contributed by atoms with Gasteiger partial charge in [0, 0.05) is 19.7 Å². The highest BCUT2D eigenvalue weighted by Gasteiger charge is 2.14. The molecule has 0 bridgehead atoms. The quantitative estimate of drug-likeness (QED) is 0.594. The molecule has 0 spiro atoms. The van der Waals surface area contributed by atoms with E-state index in [4.69, 9.17) is 10.8 Å². The molecule has 0 aliphatic carbocycles. The van der Waals surface area contributed by atoms with E-state index in [1.165, 1.54) is 0 Å². The third-order valence-electron chi connectivity index (χ3n) is 1.67. The minimum atomic E-state index is -0.441. The van der Waals surface area contributed by atoms with Crippen LogP contribution in [0.15, 0.2) is 0 Å². The monoisotopic (exact) mass is 174 g/mol. The number of hydrogen-bond acceptors (Lipinski definition) is 3. The predicted octanol–water partition coefficient (Wildman–Crippen LogP) is -0.435. The maximum absolute atomic E-state index is 11.3. The van der Waals surface area contributed by atoms with E-state index in [2.05, 4.69) is 0 Å². The first-order valence-corrected chi connectivity index (χ1v) is 4.28. The van der Waals surface area contributed by atoms with Crippen LogP contribution in [0.2, 0.25) is 0 Å². The Kier molecular flexibility index (Phi) is 5.66. The maximum Gasteiger partial charge on any atom is 0.239 e. The third-order valence-corrected chi connectivity index (χ3v) is 1.67. The van der Waals surface area contributed by atoms with E-state index in [0.29, 0.717) is 19.5 Å². The number of nitrogens with two attached hydrogens (primary N) is 1. The summed E-state index contributed by atoms with van der Waals surface area (Å²) in [5.41, 5.74) is 5.43. The van der Waals surface area contributed by atoms with Gasteiger partial charge in [-0.05, 0) is 20.3 Å². The number of aliphatic hydroxyl groups is 1. The average molecular weight is 174 g/mol. The molecule has 3 N–H and O–H groups in total. The Morgan fingerprint density at radius 2 is 2.25 bits per heavy atom. The van der Waals surface area contributed by atoms with Crippen LogP contribution in [0.3, 0.4) is 0 Å². The van der Waals surface area contributed by atoms with E-state index in [9.17, 15) is 4.79 Å². The zero-order chi connectivity index (χ0) is 9.56. The summed E-state index contributed by atoms with van der Waals surface area (Å²) in [5, 5.41) is 8.56.